The molecule has 0 bridgehead atoms. The zero-order valence-corrected chi connectivity index (χ0v) is 23.4. The van der Waals surface area contributed by atoms with Crippen LogP contribution in [-0.2, 0) is 15.9 Å². The van der Waals surface area contributed by atoms with E-state index in [4.69, 9.17) is 14.2 Å². The highest BCUT2D eigenvalue weighted by Crippen LogP contribution is 2.54. The standard InChI is InChI=1S/C34H34O4S/c1-4-36-33(35)25-16-17-29-27(20-25)32-28(34(2,3)38-29)21-26(30(37-32)19-22-9-6-5-7-10-22)23-12-14-24(15-13-23)31-11-8-18-39-31/h5-18,20,26,28,30,32H,4,19,21H2,1-3H3/t26-,28+,30-,32-/m1/s1. The molecule has 0 N–H and O–H groups in total. The van der Waals surface area contributed by atoms with Crippen molar-refractivity contribution in [2.45, 2.75) is 57.3 Å². The number of ether oxygens (including phenoxy) is 3. The summed E-state index contributed by atoms with van der Waals surface area (Å²) in [6.45, 7) is 6.48. The van der Waals surface area contributed by atoms with E-state index in [9.17, 15) is 4.79 Å². The van der Waals surface area contributed by atoms with Crippen LogP contribution >= 0.6 is 11.3 Å². The molecule has 2 aliphatic heterocycles. The van der Waals surface area contributed by atoms with Gasteiger partial charge in [-0.3, -0.25) is 0 Å². The molecule has 0 aliphatic carbocycles. The van der Waals surface area contributed by atoms with E-state index in [1.807, 2.05) is 19.1 Å². The molecule has 0 radical (unpaired) electrons. The number of carbonyl (C=O) groups excluding carboxylic acids is 1. The van der Waals surface area contributed by atoms with Crippen molar-refractivity contribution < 1.29 is 19.0 Å². The van der Waals surface area contributed by atoms with Crippen LogP contribution in [0.4, 0.5) is 0 Å². The van der Waals surface area contributed by atoms with Gasteiger partial charge in [0, 0.05) is 22.3 Å². The van der Waals surface area contributed by atoms with E-state index in [0.29, 0.717) is 12.2 Å². The molecule has 0 saturated carbocycles. The number of benzene rings is 3. The third kappa shape index (κ3) is 5.13. The zero-order valence-electron chi connectivity index (χ0n) is 22.6. The van der Waals surface area contributed by atoms with Gasteiger partial charge in [-0.15, -0.1) is 11.3 Å². The van der Waals surface area contributed by atoms with Gasteiger partial charge >= 0.3 is 5.97 Å². The molecule has 5 heteroatoms. The Morgan fingerprint density at radius 1 is 1.00 bits per heavy atom. The minimum absolute atomic E-state index is 0.0192. The molecule has 1 fully saturated rings. The summed E-state index contributed by atoms with van der Waals surface area (Å²) >= 11 is 1.76. The molecule has 1 saturated heterocycles. The van der Waals surface area contributed by atoms with Crippen LogP contribution < -0.4 is 4.74 Å². The lowest BCUT2D eigenvalue weighted by Gasteiger charge is -2.51. The fourth-order valence-electron chi connectivity index (χ4n) is 6.15. The lowest BCUT2D eigenvalue weighted by molar-refractivity contribution is -0.158. The molecule has 4 atom stereocenters. The average Bonchev–Trinajstić information content (AvgIpc) is 3.49. The minimum atomic E-state index is -0.421. The first-order valence-corrected chi connectivity index (χ1v) is 14.6. The van der Waals surface area contributed by atoms with Crippen LogP contribution in [0.3, 0.4) is 0 Å². The van der Waals surface area contributed by atoms with Gasteiger partial charge in [-0.05, 0) is 79.9 Å². The molecule has 0 spiro atoms. The Balaban J connectivity index is 1.37. The predicted octanol–water partition coefficient (Wildman–Crippen LogP) is 8.24. The van der Waals surface area contributed by atoms with Gasteiger partial charge in [0.25, 0.3) is 0 Å². The summed E-state index contributed by atoms with van der Waals surface area (Å²) in [4.78, 5) is 13.8. The highest BCUT2D eigenvalue weighted by molar-refractivity contribution is 7.13. The van der Waals surface area contributed by atoms with Crippen LogP contribution in [0.25, 0.3) is 10.4 Å². The van der Waals surface area contributed by atoms with E-state index in [1.165, 1.54) is 21.6 Å². The van der Waals surface area contributed by atoms with Crippen molar-refractivity contribution in [1.82, 2.24) is 0 Å². The summed E-state index contributed by atoms with van der Waals surface area (Å²) in [5.74, 6) is 0.798. The van der Waals surface area contributed by atoms with Crippen molar-refractivity contribution in [3.63, 3.8) is 0 Å². The van der Waals surface area contributed by atoms with Gasteiger partial charge < -0.3 is 14.2 Å². The van der Waals surface area contributed by atoms with Crippen LogP contribution in [0.1, 0.15) is 66.3 Å². The molecule has 2 aliphatic rings. The van der Waals surface area contributed by atoms with E-state index >= 15 is 0 Å². The number of carbonyl (C=O) groups is 1. The van der Waals surface area contributed by atoms with Crippen LogP contribution in [0, 0.1) is 5.92 Å². The lowest BCUT2D eigenvalue weighted by Crippen LogP contribution is -2.51. The van der Waals surface area contributed by atoms with Crippen LogP contribution in [-0.4, -0.2) is 24.3 Å². The maximum absolute atomic E-state index is 12.6. The van der Waals surface area contributed by atoms with E-state index in [0.717, 1.165) is 24.2 Å². The Bertz CT molecular complexity index is 1430. The molecule has 3 heterocycles. The second-order valence-electron chi connectivity index (χ2n) is 11.0. The summed E-state index contributed by atoms with van der Waals surface area (Å²) in [6, 6.07) is 29.4. The smallest absolute Gasteiger partial charge is 0.338 e. The Kier molecular flexibility index (Phi) is 7.05. The van der Waals surface area contributed by atoms with Crippen molar-refractivity contribution in [3.8, 4) is 16.2 Å². The molecule has 1 aromatic heterocycles. The zero-order chi connectivity index (χ0) is 27.0. The predicted molar refractivity (Wildman–Crippen MR) is 155 cm³/mol. The number of hydrogen-bond donors (Lipinski definition) is 0. The first-order chi connectivity index (χ1) is 18.9. The van der Waals surface area contributed by atoms with Gasteiger partial charge in [0.1, 0.15) is 11.4 Å². The van der Waals surface area contributed by atoms with E-state index in [-0.39, 0.29) is 30.0 Å². The second-order valence-corrected chi connectivity index (χ2v) is 12.0. The van der Waals surface area contributed by atoms with Crippen LogP contribution in [0.5, 0.6) is 5.75 Å². The quantitative estimate of drug-likeness (QED) is 0.232. The third-order valence-electron chi connectivity index (χ3n) is 8.16. The highest BCUT2D eigenvalue weighted by Gasteiger charge is 2.50. The van der Waals surface area contributed by atoms with E-state index in [1.54, 1.807) is 17.4 Å². The van der Waals surface area contributed by atoms with Gasteiger partial charge in [0.05, 0.1) is 24.4 Å². The van der Waals surface area contributed by atoms with E-state index in [2.05, 4.69) is 86.0 Å². The Hall–Kier alpha value is -3.41. The number of fused-ring (bicyclic) bond motifs is 3. The SMILES string of the molecule is CCOC(=O)c1ccc2c(c1)[C@H]1O[C@H](Cc3ccccc3)[C@@H](c3ccc(-c4cccs4)cc3)C[C@@H]1C(C)(C)O2. The number of thiophene rings is 1. The summed E-state index contributed by atoms with van der Waals surface area (Å²) in [5, 5.41) is 2.12. The van der Waals surface area contributed by atoms with E-state index < -0.39 is 5.60 Å². The van der Waals surface area contributed by atoms with Crippen molar-refractivity contribution in [2.24, 2.45) is 5.92 Å². The number of rotatable bonds is 6. The van der Waals surface area contributed by atoms with Gasteiger partial charge in [0.15, 0.2) is 0 Å². The van der Waals surface area contributed by atoms with Crippen molar-refractivity contribution in [3.05, 3.63) is 113 Å². The summed E-state index contributed by atoms with van der Waals surface area (Å²) in [7, 11) is 0. The first-order valence-electron chi connectivity index (χ1n) is 13.8. The fraction of sp³-hybridized carbons (Fsp3) is 0.324. The van der Waals surface area contributed by atoms with Gasteiger partial charge in [-0.1, -0.05) is 60.7 Å². The molecular weight excluding hydrogens is 504 g/mol. The Morgan fingerprint density at radius 2 is 1.79 bits per heavy atom. The van der Waals surface area contributed by atoms with Crippen LogP contribution in [0.15, 0.2) is 90.3 Å². The van der Waals surface area contributed by atoms with Crippen molar-refractivity contribution >= 4 is 17.3 Å². The minimum Gasteiger partial charge on any atom is -0.487 e. The summed E-state index contributed by atoms with van der Waals surface area (Å²) in [5.41, 5.74) is 4.84. The van der Waals surface area contributed by atoms with Crippen molar-refractivity contribution in [2.75, 3.05) is 6.61 Å². The van der Waals surface area contributed by atoms with Gasteiger partial charge in [-0.2, -0.15) is 0 Å². The number of esters is 1. The van der Waals surface area contributed by atoms with Gasteiger partial charge in [-0.25, -0.2) is 4.79 Å². The third-order valence-corrected chi connectivity index (χ3v) is 9.08. The molecular formula is C34H34O4S. The lowest BCUT2D eigenvalue weighted by atomic mass is 9.69. The Labute approximate surface area is 234 Å². The van der Waals surface area contributed by atoms with Crippen molar-refractivity contribution in [1.29, 1.82) is 0 Å². The molecule has 6 rings (SSSR count). The average molecular weight is 539 g/mol. The number of hydrogen-bond acceptors (Lipinski definition) is 5. The Morgan fingerprint density at radius 3 is 2.51 bits per heavy atom. The normalized spacial score (nSPS) is 23.3. The largest absolute Gasteiger partial charge is 0.487 e. The molecule has 3 aromatic carbocycles. The molecule has 39 heavy (non-hydrogen) atoms. The molecule has 0 amide bonds. The van der Waals surface area contributed by atoms with Gasteiger partial charge in [0.2, 0.25) is 0 Å². The highest BCUT2D eigenvalue weighted by atomic mass is 32.1. The fourth-order valence-corrected chi connectivity index (χ4v) is 6.89. The molecule has 4 nitrogen and oxygen atoms in total. The second kappa shape index (κ2) is 10.6. The molecule has 4 aromatic rings. The molecule has 0 unspecified atom stereocenters. The van der Waals surface area contributed by atoms with Crippen LogP contribution in [0.2, 0.25) is 0 Å². The first kappa shape index (κ1) is 25.8. The maximum atomic E-state index is 12.6. The monoisotopic (exact) mass is 538 g/mol. The summed E-state index contributed by atoms with van der Waals surface area (Å²) < 4.78 is 18.9. The molecule has 200 valence electrons. The summed E-state index contributed by atoms with van der Waals surface area (Å²) in [6.07, 6.45) is 1.55. The maximum Gasteiger partial charge on any atom is 0.338 e. The topological polar surface area (TPSA) is 44.8 Å².